The lowest BCUT2D eigenvalue weighted by molar-refractivity contribution is 0.624. The van der Waals surface area contributed by atoms with E-state index in [0.717, 1.165) is 0 Å². The van der Waals surface area contributed by atoms with Crippen molar-refractivity contribution in [3.8, 4) is 0 Å². The number of rotatable bonds is 4. The van der Waals surface area contributed by atoms with Gasteiger partial charge >= 0.3 is 0 Å². The highest BCUT2D eigenvalue weighted by Crippen LogP contribution is 2.24. The SMILES string of the molecule is CCCCC(C)c1[c]c2ccccc2cc1. The third-order valence-corrected chi connectivity index (χ3v) is 3.20. The van der Waals surface area contributed by atoms with Gasteiger partial charge in [0.25, 0.3) is 0 Å². The van der Waals surface area contributed by atoms with Gasteiger partial charge in [-0.15, -0.1) is 0 Å². The molecule has 0 bridgehead atoms. The maximum atomic E-state index is 3.54. The van der Waals surface area contributed by atoms with Gasteiger partial charge in [0.1, 0.15) is 0 Å². The summed E-state index contributed by atoms with van der Waals surface area (Å²) in [5.41, 5.74) is 1.35. The summed E-state index contributed by atoms with van der Waals surface area (Å²) < 4.78 is 0. The molecule has 0 aliphatic carbocycles. The van der Waals surface area contributed by atoms with Crippen molar-refractivity contribution in [2.75, 3.05) is 0 Å². The zero-order valence-corrected chi connectivity index (χ0v) is 10.2. The minimum Gasteiger partial charge on any atom is -0.0654 e. The predicted octanol–water partition coefficient (Wildman–Crippen LogP) is 4.93. The first-order valence-electron chi connectivity index (χ1n) is 6.22. The van der Waals surface area contributed by atoms with Gasteiger partial charge in [0.05, 0.1) is 0 Å². The van der Waals surface area contributed by atoms with Gasteiger partial charge in [-0.25, -0.2) is 0 Å². The monoisotopic (exact) mass is 211 g/mol. The Bertz CT molecular complexity index is 456. The van der Waals surface area contributed by atoms with Crippen molar-refractivity contribution in [1.29, 1.82) is 0 Å². The summed E-state index contributed by atoms with van der Waals surface area (Å²) >= 11 is 0. The van der Waals surface area contributed by atoms with Crippen LogP contribution in [-0.4, -0.2) is 0 Å². The highest BCUT2D eigenvalue weighted by atomic mass is 14.1. The number of hydrogen-bond acceptors (Lipinski definition) is 0. The highest BCUT2D eigenvalue weighted by molar-refractivity contribution is 5.82. The molecule has 16 heavy (non-hydrogen) atoms. The Labute approximate surface area is 98.3 Å². The molecule has 0 fully saturated rings. The Balaban J connectivity index is 2.25. The average molecular weight is 211 g/mol. The fourth-order valence-electron chi connectivity index (χ4n) is 2.09. The minimum absolute atomic E-state index is 0.629. The molecule has 0 saturated heterocycles. The fourth-order valence-corrected chi connectivity index (χ4v) is 2.09. The lowest BCUT2D eigenvalue weighted by Crippen LogP contribution is -1.93. The van der Waals surface area contributed by atoms with E-state index in [2.05, 4.69) is 56.3 Å². The molecule has 0 aliphatic heterocycles. The van der Waals surface area contributed by atoms with Gasteiger partial charge in [-0.3, -0.25) is 0 Å². The van der Waals surface area contributed by atoms with Crippen molar-refractivity contribution in [2.45, 2.75) is 39.0 Å². The van der Waals surface area contributed by atoms with E-state index in [1.165, 1.54) is 35.6 Å². The van der Waals surface area contributed by atoms with Crippen LogP contribution in [0.5, 0.6) is 0 Å². The maximum Gasteiger partial charge on any atom is -0.00615 e. The average Bonchev–Trinajstić information content (AvgIpc) is 2.35. The molecule has 2 aromatic carbocycles. The zero-order chi connectivity index (χ0) is 11.4. The molecule has 0 nitrogen and oxygen atoms in total. The molecule has 1 unspecified atom stereocenters. The van der Waals surface area contributed by atoms with Gasteiger partial charge < -0.3 is 0 Å². The molecule has 0 heteroatoms. The summed E-state index contributed by atoms with van der Waals surface area (Å²) in [6.07, 6.45) is 3.85. The summed E-state index contributed by atoms with van der Waals surface area (Å²) in [6.45, 7) is 4.55. The largest absolute Gasteiger partial charge is 0.0654 e. The highest BCUT2D eigenvalue weighted by Gasteiger charge is 2.05. The minimum atomic E-state index is 0.629. The topological polar surface area (TPSA) is 0 Å². The van der Waals surface area contributed by atoms with Gasteiger partial charge in [-0.1, -0.05) is 63.1 Å². The summed E-state index contributed by atoms with van der Waals surface area (Å²) in [7, 11) is 0. The molecular weight excluding hydrogens is 192 g/mol. The molecule has 0 amide bonds. The van der Waals surface area contributed by atoms with Crippen LogP contribution in [0.1, 0.15) is 44.6 Å². The molecule has 0 saturated carbocycles. The lowest BCUT2D eigenvalue weighted by atomic mass is 9.93. The van der Waals surface area contributed by atoms with E-state index in [0.29, 0.717) is 5.92 Å². The van der Waals surface area contributed by atoms with Gasteiger partial charge in [0.15, 0.2) is 0 Å². The number of fused-ring (bicyclic) bond motifs is 1. The van der Waals surface area contributed by atoms with Crippen molar-refractivity contribution in [3.05, 3.63) is 48.0 Å². The van der Waals surface area contributed by atoms with Crippen LogP contribution >= 0.6 is 0 Å². The van der Waals surface area contributed by atoms with E-state index in [1.807, 2.05) is 0 Å². The Hall–Kier alpha value is -1.30. The van der Waals surface area contributed by atoms with E-state index in [9.17, 15) is 0 Å². The summed E-state index contributed by atoms with van der Waals surface area (Å²) in [5, 5.41) is 2.53. The van der Waals surface area contributed by atoms with Gasteiger partial charge in [-0.2, -0.15) is 0 Å². The molecule has 0 N–H and O–H groups in total. The number of unbranched alkanes of at least 4 members (excludes halogenated alkanes) is 1. The van der Waals surface area contributed by atoms with Crippen LogP contribution in [0.4, 0.5) is 0 Å². The third-order valence-electron chi connectivity index (χ3n) is 3.20. The van der Waals surface area contributed by atoms with Crippen molar-refractivity contribution in [1.82, 2.24) is 0 Å². The maximum absolute atomic E-state index is 3.54. The first-order valence-corrected chi connectivity index (χ1v) is 6.22. The quantitative estimate of drug-likeness (QED) is 0.672. The first kappa shape index (κ1) is 11.2. The number of benzene rings is 2. The van der Waals surface area contributed by atoms with Crippen LogP contribution in [0, 0.1) is 6.07 Å². The van der Waals surface area contributed by atoms with E-state index >= 15 is 0 Å². The number of hydrogen-bond donors (Lipinski definition) is 0. The Morgan fingerprint density at radius 2 is 1.94 bits per heavy atom. The molecule has 0 aliphatic rings. The standard InChI is InChI=1S/C16H19/c1-3-4-7-13(2)15-11-10-14-8-5-6-9-16(14)12-15/h5-6,8-11,13H,3-4,7H2,1-2H3. The van der Waals surface area contributed by atoms with Crippen molar-refractivity contribution < 1.29 is 0 Å². The lowest BCUT2D eigenvalue weighted by Gasteiger charge is -2.11. The second-order valence-electron chi connectivity index (χ2n) is 4.54. The Morgan fingerprint density at radius 3 is 2.75 bits per heavy atom. The van der Waals surface area contributed by atoms with Gasteiger partial charge in [0.2, 0.25) is 0 Å². The normalized spacial score (nSPS) is 12.9. The van der Waals surface area contributed by atoms with E-state index in [-0.39, 0.29) is 0 Å². The molecular formula is C16H19. The first-order chi connectivity index (χ1) is 7.81. The van der Waals surface area contributed by atoms with Gasteiger partial charge in [0, 0.05) is 0 Å². The Kier molecular flexibility index (Phi) is 3.61. The zero-order valence-electron chi connectivity index (χ0n) is 10.2. The smallest absolute Gasteiger partial charge is 0.00615 e. The van der Waals surface area contributed by atoms with E-state index < -0.39 is 0 Å². The molecule has 83 valence electrons. The molecule has 2 rings (SSSR count). The predicted molar refractivity (Wildman–Crippen MR) is 70.7 cm³/mol. The molecule has 0 aromatic heterocycles. The molecule has 0 spiro atoms. The van der Waals surface area contributed by atoms with Crippen molar-refractivity contribution in [2.24, 2.45) is 0 Å². The summed E-state index contributed by atoms with van der Waals surface area (Å²) in [5.74, 6) is 0.629. The van der Waals surface area contributed by atoms with E-state index in [4.69, 9.17) is 0 Å². The summed E-state index contributed by atoms with van der Waals surface area (Å²) in [6, 6.07) is 16.4. The van der Waals surface area contributed by atoms with Crippen molar-refractivity contribution in [3.63, 3.8) is 0 Å². The van der Waals surface area contributed by atoms with Crippen LogP contribution in [0.25, 0.3) is 10.8 Å². The third kappa shape index (κ3) is 2.44. The van der Waals surface area contributed by atoms with Crippen LogP contribution in [0.15, 0.2) is 36.4 Å². The fraction of sp³-hybridized carbons (Fsp3) is 0.375. The van der Waals surface area contributed by atoms with Crippen molar-refractivity contribution >= 4 is 10.8 Å². The molecule has 1 atom stereocenters. The van der Waals surface area contributed by atoms with E-state index in [1.54, 1.807) is 0 Å². The second kappa shape index (κ2) is 5.16. The second-order valence-corrected chi connectivity index (χ2v) is 4.54. The summed E-state index contributed by atoms with van der Waals surface area (Å²) in [4.78, 5) is 0. The van der Waals surface area contributed by atoms with Crippen LogP contribution in [0.3, 0.4) is 0 Å². The molecule has 2 aromatic rings. The molecule has 0 heterocycles. The Morgan fingerprint density at radius 1 is 1.12 bits per heavy atom. The molecule has 1 radical (unpaired) electrons. The van der Waals surface area contributed by atoms with Crippen LogP contribution in [-0.2, 0) is 0 Å². The van der Waals surface area contributed by atoms with Crippen LogP contribution < -0.4 is 0 Å². The van der Waals surface area contributed by atoms with Gasteiger partial charge in [-0.05, 0) is 34.7 Å². The van der Waals surface area contributed by atoms with Crippen LogP contribution in [0.2, 0.25) is 0 Å².